The van der Waals surface area contributed by atoms with E-state index in [-0.39, 0.29) is 0 Å². The molecular weight excluding hydrogens is 315 g/mol. The van der Waals surface area contributed by atoms with Crippen LogP contribution in [0.1, 0.15) is 18.4 Å². The molecule has 0 bridgehead atoms. The van der Waals surface area contributed by atoms with Crippen molar-refractivity contribution in [2.45, 2.75) is 19.0 Å². The predicted octanol–water partition coefficient (Wildman–Crippen LogP) is 4.42. The largest absolute Gasteiger partial charge is 0.417 e. The molecule has 116 valence electrons. The highest BCUT2D eigenvalue weighted by molar-refractivity contribution is 6.35. The Morgan fingerprint density at radius 3 is 2.36 bits per heavy atom. The van der Waals surface area contributed by atoms with Crippen molar-refractivity contribution in [3.05, 3.63) is 41.2 Å². The van der Waals surface area contributed by atoms with Gasteiger partial charge in [0.05, 0.1) is 22.0 Å². The molecule has 2 aromatic heterocycles. The first-order chi connectivity index (χ1) is 10.5. The topological polar surface area (TPSA) is 29.0 Å². The number of anilines is 1. The van der Waals surface area contributed by atoms with Gasteiger partial charge in [-0.25, -0.2) is 0 Å². The van der Waals surface area contributed by atoms with Crippen LogP contribution in [0.15, 0.2) is 30.6 Å². The van der Waals surface area contributed by atoms with Crippen molar-refractivity contribution in [3.8, 4) is 11.4 Å². The van der Waals surface area contributed by atoms with Crippen molar-refractivity contribution in [3.63, 3.8) is 0 Å². The van der Waals surface area contributed by atoms with Crippen LogP contribution in [0.4, 0.5) is 18.9 Å². The maximum absolute atomic E-state index is 12.6. The lowest BCUT2D eigenvalue weighted by Crippen LogP contribution is -2.18. The number of hydrogen-bond acceptors (Lipinski definition) is 3. The summed E-state index contributed by atoms with van der Waals surface area (Å²) < 4.78 is 37.7. The number of alkyl halides is 3. The molecule has 3 nitrogen and oxygen atoms in total. The summed E-state index contributed by atoms with van der Waals surface area (Å²) in [6.07, 6.45) is 0.212. The fourth-order valence-electron chi connectivity index (χ4n) is 2.52. The van der Waals surface area contributed by atoms with Gasteiger partial charge >= 0.3 is 6.18 Å². The Kier molecular flexibility index (Phi) is 3.95. The molecule has 1 aliphatic rings. The maximum Gasteiger partial charge on any atom is 0.417 e. The second kappa shape index (κ2) is 5.76. The molecule has 3 rings (SSSR count). The highest BCUT2D eigenvalue weighted by Crippen LogP contribution is 2.35. The summed E-state index contributed by atoms with van der Waals surface area (Å²) in [6, 6.07) is 4.11. The molecule has 0 aromatic carbocycles. The molecule has 0 saturated carbocycles. The first-order valence-corrected chi connectivity index (χ1v) is 7.27. The SMILES string of the molecule is FC(F)(F)c1ccc(-c2nccc(N3CCCC3)c2Cl)nc1. The standard InChI is InChI=1S/C15H13ClF3N3/c16-13-12(22-7-1-2-8-22)5-6-20-14(13)11-4-3-10(9-21-11)15(17,18)19/h3-6,9H,1-2,7-8H2. The molecule has 0 aliphatic carbocycles. The number of rotatable bonds is 2. The van der Waals surface area contributed by atoms with E-state index in [2.05, 4.69) is 14.9 Å². The van der Waals surface area contributed by atoms with Gasteiger partial charge in [0.2, 0.25) is 0 Å². The summed E-state index contributed by atoms with van der Waals surface area (Å²) in [5, 5.41) is 0.427. The second-order valence-corrected chi connectivity index (χ2v) is 5.49. The van der Waals surface area contributed by atoms with Crippen LogP contribution in [0, 0.1) is 0 Å². The van der Waals surface area contributed by atoms with Crippen LogP contribution in [0.2, 0.25) is 5.02 Å². The molecule has 0 spiro atoms. The molecule has 0 atom stereocenters. The van der Waals surface area contributed by atoms with Gasteiger partial charge in [-0.2, -0.15) is 13.2 Å². The van der Waals surface area contributed by atoms with Crippen molar-refractivity contribution in [2.75, 3.05) is 18.0 Å². The van der Waals surface area contributed by atoms with E-state index in [9.17, 15) is 13.2 Å². The number of hydrogen-bond donors (Lipinski definition) is 0. The van der Waals surface area contributed by atoms with E-state index in [4.69, 9.17) is 11.6 Å². The lowest BCUT2D eigenvalue weighted by atomic mass is 10.2. The summed E-state index contributed by atoms with van der Waals surface area (Å²) in [5.41, 5.74) is 0.799. The van der Waals surface area contributed by atoms with E-state index >= 15 is 0 Å². The minimum absolute atomic E-state index is 0.332. The van der Waals surface area contributed by atoms with E-state index < -0.39 is 11.7 Å². The van der Waals surface area contributed by atoms with Crippen molar-refractivity contribution in [1.29, 1.82) is 0 Å². The monoisotopic (exact) mass is 327 g/mol. The van der Waals surface area contributed by atoms with E-state index in [1.165, 1.54) is 6.07 Å². The number of nitrogens with zero attached hydrogens (tertiary/aromatic N) is 3. The molecule has 1 saturated heterocycles. The Labute approximate surface area is 130 Å². The molecular formula is C15H13ClF3N3. The molecule has 0 unspecified atom stereocenters. The second-order valence-electron chi connectivity index (χ2n) is 5.12. The van der Waals surface area contributed by atoms with Crippen LogP contribution in [0.5, 0.6) is 0 Å². The van der Waals surface area contributed by atoms with Crippen LogP contribution in [-0.4, -0.2) is 23.1 Å². The fourth-order valence-corrected chi connectivity index (χ4v) is 2.84. The van der Waals surface area contributed by atoms with Gasteiger partial charge in [-0.05, 0) is 31.0 Å². The summed E-state index contributed by atoms with van der Waals surface area (Å²) in [7, 11) is 0. The molecule has 22 heavy (non-hydrogen) atoms. The van der Waals surface area contributed by atoms with Crippen molar-refractivity contribution in [2.24, 2.45) is 0 Å². The van der Waals surface area contributed by atoms with Crippen molar-refractivity contribution < 1.29 is 13.2 Å². The Balaban J connectivity index is 1.96. The first-order valence-electron chi connectivity index (χ1n) is 6.90. The molecule has 3 heterocycles. The van der Waals surface area contributed by atoms with Crippen LogP contribution in [-0.2, 0) is 6.18 Å². The zero-order valence-corrected chi connectivity index (χ0v) is 12.3. The minimum atomic E-state index is -4.40. The molecule has 1 aliphatic heterocycles. The fraction of sp³-hybridized carbons (Fsp3) is 0.333. The van der Waals surface area contributed by atoms with E-state index in [0.29, 0.717) is 16.4 Å². The molecule has 1 fully saturated rings. The summed E-state index contributed by atoms with van der Waals surface area (Å²) in [6.45, 7) is 1.84. The Morgan fingerprint density at radius 1 is 1.05 bits per heavy atom. The van der Waals surface area contributed by atoms with Gasteiger partial charge in [0.15, 0.2) is 0 Å². The van der Waals surface area contributed by atoms with E-state index in [1.54, 1.807) is 6.20 Å². The smallest absolute Gasteiger partial charge is 0.370 e. The van der Waals surface area contributed by atoms with Gasteiger partial charge in [0, 0.05) is 25.5 Å². The van der Waals surface area contributed by atoms with Crippen LogP contribution < -0.4 is 4.90 Å². The first kappa shape index (κ1) is 15.1. The Bertz CT molecular complexity index is 665. The van der Waals surface area contributed by atoms with Gasteiger partial charge < -0.3 is 4.90 Å². The average molecular weight is 328 g/mol. The van der Waals surface area contributed by atoms with Crippen molar-refractivity contribution >= 4 is 17.3 Å². The van der Waals surface area contributed by atoms with E-state index in [1.807, 2.05) is 6.07 Å². The van der Waals surface area contributed by atoms with E-state index in [0.717, 1.165) is 43.9 Å². The molecule has 0 radical (unpaired) electrons. The number of aromatic nitrogens is 2. The van der Waals surface area contributed by atoms with Gasteiger partial charge in [-0.3, -0.25) is 9.97 Å². The minimum Gasteiger partial charge on any atom is -0.370 e. The van der Waals surface area contributed by atoms with Gasteiger partial charge in [-0.1, -0.05) is 11.6 Å². The Hall–Kier alpha value is -1.82. The van der Waals surface area contributed by atoms with Gasteiger partial charge in [0.25, 0.3) is 0 Å². The summed E-state index contributed by atoms with van der Waals surface area (Å²) in [4.78, 5) is 10.2. The number of pyridine rings is 2. The summed E-state index contributed by atoms with van der Waals surface area (Å²) >= 11 is 6.39. The van der Waals surface area contributed by atoms with Gasteiger partial charge in [0.1, 0.15) is 5.69 Å². The molecule has 0 amide bonds. The quantitative estimate of drug-likeness (QED) is 0.817. The molecule has 2 aromatic rings. The van der Waals surface area contributed by atoms with Crippen molar-refractivity contribution in [1.82, 2.24) is 9.97 Å². The highest BCUT2D eigenvalue weighted by Gasteiger charge is 2.31. The lowest BCUT2D eigenvalue weighted by Gasteiger charge is -2.20. The third-order valence-corrected chi connectivity index (χ3v) is 4.02. The third-order valence-electron chi connectivity index (χ3n) is 3.65. The van der Waals surface area contributed by atoms with Crippen LogP contribution >= 0.6 is 11.6 Å². The normalized spacial score (nSPS) is 15.4. The Morgan fingerprint density at radius 2 is 1.77 bits per heavy atom. The molecule has 7 heteroatoms. The summed E-state index contributed by atoms with van der Waals surface area (Å²) in [5.74, 6) is 0. The van der Waals surface area contributed by atoms with Gasteiger partial charge in [-0.15, -0.1) is 0 Å². The molecule has 0 N–H and O–H groups in total. The van der Waals surface area contributed by atoms with Crippen LogP contribution in [0.3, 0.4) is 0 Å². The lowest BCUT2D eigenvalue weighted by molar-refractivity contribution is -0.137. The zero-order chi connectivity index (χ0) is 15.7. The number of halogens is 4. The maximum atomic E-state index is 12.6. The zero-order valence-electron chi connectivity index (χ0n) is 11.6. The average Bonchev–Trinajstić information content (AvgIpc) is 3.01. The highest BCUT2D eigenvalue weighted by atomic mass is 35.5. The van der Waals surface area contributed by atoms with Crippen LogP contribution in [0.25, 0.3) is 11.4 Å². The predicted molar refractivity (Wildman–Crippen MR) is 78.9 cm³/mol. The third kappa shape index (κ3) is 2.88.